The third-order valence-electron chi connectivity index (χ3n) is 4.59. The van der Waals surface area contributed by atoms with Crippen LogP contribution < -0.4 is 5.32 Å². The lowest BCUT2D eigenvalue weighted by Gasteiger charge is -2.17. The highest BCUT2D eigenvalue weighted by molar-refractivity contribution is 5.82. The van der Waals surface area contributed by atoms with Crippen LogP contribution >= 0.6 is 0 Å². The van der Waals surface area contributed by atoms with Gasteiger partial charge >= 0.3 is 0 Å². The number of aliphatic hydroxyl groups is 2. The fourth-order valence-electron chi connectivity index (χ4n) is 3.22. The Bertz CT molecular complexity index is 782. The topological polar surface area (TPSA) is 167 Å². The number of aromatic nitrogens is 4. The number of hydrogen-bond acceptors (Lipinski definition) is 12. The number of rotatable bonds is 6. The van der Waals surface area contributed by atoms with E-state index in [0.29, 0.717) is 30.2 Å². The van der Waals surface area contributed by atoms with Crippen LogP contribution in [0.5, 0.6) is 0 Å². The minimum Gasteiger partial charge on any atom is -0.387 e. The molecular weight excluding hydrogens is 364 g/mol. The lowest BCUT2D eigenvalue weighted by molar-refractivity contribution is -0.496. The van der Waals surface area contributed by atoms with E-state index in [1.165, 1.54) is 17.2 Å². The first-order chi connectivity index (χ1) is 13.0. The lowest BCUT2D eigenvalue weighted by atomic mass is 10.1. The van der Waals surface area contributed by atoms with Crippen molar-refractivity contribution in [1.82, 2.24) is 24.9 Å². The van der Waals surface area contributed by atoms with Crippen LogP contribution in [-0.2, 0) is 14.3 Å². The van der Waals surface area contributed by atoms with E-state index in [1.54, 1.807) is 0 Å². The number of fused-ring (bicyclic) bond motifs is 1. The Balaban J connectivity index is 1.56. The molecule has 13 nitrogen and oxygen atoms in total. The van der Waals surface area contributed by atoms with Crippen LogP contribution in [-0.4, -0.2) is 89.7 Å². The molecule has 2 aliphatic heterocycles. The summed E-state index contributed by atoms with van der Waals surface area (Å²) < 4.78 is 12.4. The van der Waals surface area contributed by atoms with Crippen molar-refractivity contribution in [3.8, 4) is 0 Å². The number of aliphatic hydroxyl groups excluding tert-OH is 2. The van der Waals surface area contributed by atoms with E-state index in [1.807, 2.05) is 0 Å². The monoisotopic (exact) mass is 384 g/mol. The zero-order valence-corrected chi connectivity index (χ0v) is 14.1. The van der Waals surface area contributed by atoms with E-state index < -0.39 is 29.9 Å². The number of ether oxygens (including phenoxy) is 2. The van der Waals surface area contributed by atoms with Gasteiger partial charge in [-0.1, -0.05) is 0 Å². The summed E-state index contributed by atoms with van der Waals surface area (Å²) in [6, 6.07) is 0.129. The van der Waals surface area contributed by atoms with Crippen molar-refractivity contribution in [2.24, 2.45) is 0 Å². The molecule has 0 aliphatic carbocycles. The van der Waals surface area contributed by atoms with Crippen molar-refractivity contribution in [2.75, 3.05) is 25.1 Å². The van der Waals surface area contributed by atoms with Crippen molar-refractivity contribution in [2.45, 2.75) is 37.0 Å². The quantitative estimate of drug-likeness (QED) is 0.372. The van der Waals surface area contributed by atoms with E-state index in [9.17, 15) is 10.2 Å². The molecule has 0 saturated carbocycles. The zero-order chi connectivity index (χ0) is 19.0. The predicted octanol–water partition coefficient (Wildman–Crippen LogP) is -1.34. The van der Waals surface area contributed by atoms with Crippen molar-refractivity contribution >= 4 is 17.0 Å². The fraction of sp³-hybridized carbons (Fsp3) is 0.643. The molecule has 5 atom stereocenters. The van der Waals surface area contributed by atoms with Crippen molar-refractivity contribution in [1.29, 1.82) is 0 Å². The molecule has 0 radical (unpaired) electrons. The molecule has 2 aromatic heterocycles. The molecule has 0 bridgehead atoms. The van der Waals surface area contributed by atoms with Gasteiger partial charge in [0.05, 0.1) is 24.4 Å². The first-order valence-electron chi connectivity index (χ1n) is 8.39. The molecule has 2 saturated heterocycles. The number of hydrogen-bond donors (Lipinski definition) is 5. The maximum absolute atomic E-state index is 10.3. The van der Waals surface area contributed by atoms with Crippen LogP contribution in [0.3, 0.4) is 0 Å². The number of nitrogens with zero attached hydrogens (tertiary/aromatic N) is 5. The summed E-state index contributed by atoms with van der Waals surface area (Å²) in [5, 5.41) is 40.5. The van der Waals surface area contributed by atoms with Crippen LogP contribution in [0.25, 0.3) is 11.2 Å². The van der Waals surface area contributed by atoms with Gasteiger partial charge in [0.1, 0.15) is 31.2 Å². The molecule has 27 heavy (non-hydrogen) atoms. The van der Waals surface area contributed by atoms with Crippen molar-refractivity contribution < 1.29 is 34.9 Å². The number of anilines is 1. The summed E-state index contributed by atoms with van der Waals surface area (Å²) in [6.45, 7) is 0.887. The highest BCUT2D eigenvalue weighted by atomic mass is 17.1. The Kier molecular flexibility index (Phi) is 5.16. The third kappa shape index (κ3) is 3.59. The summed E-state index contributed by atoms with van der Waals surface area (Å²) in [5.74, 6) is 0.540. The van der Waals surface area contributed by atoms with Crippen LogP contribution in [0.15, 0.2) is 12.7 Å². The highest BCUT2D eigenvalue weighted by Gasteiger charge is 2.44. The molecule has 1 unspecified atom stereocenters. The second-order valence-corrected chi connectivity index (χ2v) is 6.35. The molecule has 4 rings (SSSR count). The molecule has 0 aromatic carbocycles. The molecule has 2 aromatic rings. The number of nitrogens with one attached hydrogen (secondary N) is 1. The van der Waals surface area contributed by atoms with Gasteiger partial charge in [-0.2, -0.15) is 0 Å². The largest absolute Gasteiger partial charge is 0.387 e. The lowest BCUT2D eigenvalue weighted by Crippen LogP contribution is -2.35. The normalized spacial score (nSPS) is 31.2. The Morgan fingerprint density at radius 3 is 2.85 bits per heavy atom. The van der Waals surface area contributed by atoms with E-state index in [0.717, 1.165) is 6.42 Å². The summed E-state index contributed by atoms with van der Waals surface area (Å²) in [7, 11) is 0. The van der Waals surface area contributed by atoms with Crippen molar-refractivity contribution in [3.05, 3.63) is 12.7 Å². The van der Waals surface area contributed by atoms with E-state index in [-0.39, 0.29) is 12.6 Å². The van der Waals surface area contributed by atoms with Crippen molar-refractivity contribution in [3.63, 3.8) is 0 Å². The summed E-state index contributed by atoms with van der Waals surface area (Å²) in [5.41, 5.74) is 0.904. The Morgan fingerprint density at radius 2 is 2.11 bits per heavy atom. The average molecular weight is 384 g/mol. The van der Waals surface area contributed by atoms with Crippen LogP contribution in [0.4, 0.5) is 5.82 Å². The molecule has 2 fully saturated rings. The van der Waals surface area contributed by atoms with Gasteiger partial charge in [0, 0.05) is 6.61 Å². The Labute approximate surface area is 152 Å². The van der Waals surface area contributed by atoms with Gasteiger partial charge in [-0.15, -0.1) is 0 Å². The standard InChI is InChI=1S/C14H20N6O7/c21-10-8(4-26-20(23)24)27-14(11(10)22)19-6-17-9-12(15-5-16-13(9)19)18-7-1-2-25-3-7/h5-8,10-11,14,21-24H,1-4H2,(H,15,16,18)/t7?,8-,10-,11-,14-/m1/s1. The molecule has 148 valence electrons. The van der Waals surface area contributed by atoms with Gasteiger partial charge in [-0.05, 0) is 6.42 Å². The summed E-state index contributed by atoms with van der Waals surface area (Å²) >= 11 is 0. The second-order valence-electron chi connectivity index (χ2n) is 6.35. The van der Waals surface area contributed by atoms with E-state index in [4.69, 9.17) is 19.9 Å². The Morgan fingerprint density at radius 1 is 1.26 bits per heavy atom. The van der Waals surface area contributed by atoms with Crippen LogP contribution in [0.2, 0.25) is 0 Å². The smallest absolute Gasteiger partial charge is 0.167 e. The maximum atomic E-state index is 10.3. The molecule has 0 amide bonds. The van der Waals surface area contributed by atoms with Gasteiger partial charge in [-0.3, -0.25) is 15.0 Å². The third-order valence-corrected chi connectivity index (χ3v) is 4.59. The molecule has 0 spiro atoms. The number of imidazole rings is 1. The minimum absolute atomic E-state index is 0.129. The molecular formula is C14H20N6O7. The second kappa shape index (κ2) is 7.57. The van der Waals surface area contributed by atoms with Crippen LogP contribution in [0.1, 0.15) is 12.6 Å². The zero-order valence-electron chi connectivity index (χ0n) is 14.1. The van der Waals surface area contributed by atoms with Gasteiger partial charge in [0.25, 0.3) is 0 Å². The fourth-order valence-corrected chi connectivity index (χ4v) is 3.22. The average Bonchev–Trinajstić information content (AvgIpc) is 3.36. The molecule has 5 N–H and O–H groups in total. The molecule has 13 heteroatoms. The summed E-state index contributed by atoms with van der Waals surface area (Å²) in [4.78, 5) is 17.2. The summed E-state index contributed by atoms with van der Waals surface area (Å²) in [6.07, 6.45) is -0.909. The van der Waals surface area contributed by atoms with Gasteiger partial charge in [0.15, 0.2) is 23.2 Å². The van der Waals surface area contributed by atoms with Gasteiger partial charge < -0.3 is 25.0 Å². The first kappa shape index (κ1) is 18.4. The van der Waals surface area contributed by atoms with E-state index >= 15 is 0 Å². The molecule has 4 heterocycles. The minimum atomic E-state index is -1.30. The Hall–Kier alpha value is -1.97. The highest BCUT2D eigenvalue weighted by Crippen LogP contribution is 2.32. The maximum Gasteiger partial charge on any atom is 0.167 e. The van der Waals surface area contributed by atoms with E-state index in [2.05, 4.69) is 25.1 Å². The SMILES string of the molecule is O[C@@H]1[C@H](O)[C@@H](CON(O)O)O[C@H]1n1cnc2c(NC3CCOC3)ncnc21. The molecule has 2 aliphatic rings. The van der Waals surface area contributed by atoms with Gasteiger partial charge in [-0.25, -0.2) is 19.8 Å². The predicted molar refractivity (Wildman–Crippen MR) is 85.5 cm³/mol. The van der Waals surface area contributed by atoms with Gasteiger partial charge in [0.2, 0.25) is 0 Å². The first-order valence-corrected chi connectivity index (χ1v) is 8.39. The van der Waals surface area contributed by atoms with Crippen LogP contribution in [0, 0.1) is 0 Å².